The quantitative estimate of drug-likeness (QED) is 0.200. The molecule has 3 aromatic rings. The zero-order valence-corrected chi connectivity index (χ0v) is 17.3. The smallest absolute Gasteiger partial charge is 0.300 e. The molecule has 9 nitrogen and oxygen atoms in total. The first-order chi connectivity index (χ1) is 15.8. The third-order valence-corrected chi connectivity index (χ3v) is 5.34. The molecule has 9 heteroatoms. The molecule has 0 aliphatic carbocycles. The molecule has 1 saturated heterocycles. The van der Waals surface area contributed by atoms with Crippen molar-refractivity contribution in [2.45, 2.75) is 6.04 Å². The molecule has 33 heavy (non-hydrogen) atoms. The van der Waals surface area contributed by atoms with E-state index in [0.717, 1.165) is 0 Å². The van der Waals surface area contributed by atoms with Crippen LogP contribution >= 0.6 is 0 Å². The van der Waals surface area contributed by atoms with E-state index in [2.05, 4.69) is 0 Å². The predicted molar refractivity (Wildman–Crippen MR) is 119 cm³/mol. The minimum absolute atomic E-state index is 0.00699. The Morgan fingerprint density at radius 2 is 1.70 bits per heavy atom. The molecular weight excluding hydrogens is 428 g/mol. The minimum atomic E-state index is -1.01. The number of Topliss-reactive ketones (excluding diaryl/α,β-unsaturated/α-hetero) is 1. The lowest BCUT2D eigenvalue weighted by Crippen LogP contribution is -2.29. The number of phenolic OH excluding ortho intramolecular Hbond substituents is 1. The number of nitro groups is 1. The van der Waals surface area contributed by atoms with Crippen LogP contribution in [0.4, 0.5) is 11.4 Å². The molecule has 1 heterocycles. The van der Waals surface area contributed by atoms with Gasteiger partial charge < -0.3 is 14.9 Å². The molecule has 1 atom stereocenters. The monoisotopic (exact) mass is 446 g/mol. The summed E-state index contributed by atoms with van der Waals surface area (Å²) >= 11 is 0. The van der Waals surface area contributed by atoms with Gasteiger partial charge in [0.2, 0.25) is 0 Å². The van der Waals surface area contributed by atoms with E-state index in [1.807, 2.05) is 0 Å². The molecular formula is C24H18N2O7. The van der Waals surface area contributed by atoms with Crippen LogP contribution in [0.1, 0.15) is 17.2 Å². The number of ketones is 1. The number of non-ortho nitro benzene ring substituents is 1. The number of hydrogen-bond donors (Lipinski definition) is 2. The second-order valence-corrected chi connectivity index (χ2v) is 7.27. The van der Waals surface area contributed by atoms with Crippen LogP contribution in [0.3, 0.4) is 0 Å². The molecule has 1 unspecified atom stereocenters. The Balaban J connectivity index is 1.91. The van der Waals surface area contributed by atoms with Gasteiger partial charge in [-0.15, -0.1) is 0 Å². The minimum Gasteiger partial charge on any atom is -0.508 e. The van der Waals surface area contributed by atoms with Gasteiger partial charge in [-0.2, -0.15) is 0 Å². The molecule has 1 amide bonds. The number of anilines is 1. The van der Waals surface area contributed by atoms with E-state index < -0.39 is 28.4 Å². The van der Waals surface area contributed by atoms with Gasteiger partial charge in [0.1, 0.15) is 17.3 Å². The highest BCUT2D eigenvalue weighted by atomic mass is 16.6. The number of aliphatic hydroxyl groups excluding tert-OH is 1. The fourth-order valence-electron chi connectivity index (χ4n) is 3.73. The van der Waals surface area contributed by atoms with Gasteiger partial charge in [-0.05, 0) is 42.0 Å². The van der Waals surface area contributed by atoms with Crippen molar-refractivity contribution in [2.75, 3.05) is 12.0 Å². The lowest BCUT2D eigenvalue weighted by Gasteiger charge is -2.25. The normalized spacial score (nSPS) is 17.2. The molecule has 1 aliphatic rings. The van der Waals surface area contributed by atoms with Gasteiger partial charge in [-0.3, -0.25) is 24.6 Å². The van der Waals surface area contributed by atoms with Crippen LogP contribution in [0.15, 0.2) is 78.4 Å². The summed E-state index contributed by atoms with van der Waals surface area (Å²) in [5.74, 6) is -1.77. The van der Waals surface area contributed by atoms with E-state index in [1.54, 1.807) is 36.4 Å². The Morgan fingerprint density at radius 3 is 2.30 bits per heavy atom. The number of methoxy groups -OCH3 is 1. The summed E-state index contributed by atoms with van der Waals surface area (Å²) in [5, 5.41) is 31.7. The summed E-state index contributed by atoms with van der Waals surface area (Å²) in [7, 11) is 1.47. The number of phenols is 1. The third kappa shape index (κ3) is 3.87. The van der Waals surface area contributed by atoms with Crippen molar-refractivity contribution in [3.05, 3.63) is 99.6 Å². The highest BCUT2D eigenvalue weighted by Crippen LogP contribution is 2.43. The van der Waals surface area contributed by atoms with Gasteiger partial charge in [0.05, 0.1) is 23.6 Å². The van der Waals surface area contributed by atoms with Crippen LogP contribution in [0.25, 0.3) is 5.76 Å². The summed E-state index contributed by atoms with van der Waals surface area (Å²) in [4.78, 5) is 37.8. The molecule has 166 valence electrons. The summed E-state index contributed by atoms with van der Waals surface area (Å²) < 4.78 is 5.23. The van der Waals surface area contributed by atoms with Crippen LogP contribution in [0.2, 0.25) is 0 Å². The zero-order chi connectivity index (χ0) is 23.7. The fraction of sp³-hybridized carbons (Fsp3) is 0.0833. The summed E-state index contributed by atoms with van der Waals surface area (Å²) in [6, 6.07) is 16.5. The topological polar surface area (TPSA) is 130 Å². The van der Waals surface area contributed by atoms with Gasteiger partial charge in [0.25, 0.3) is 17.4 Å². The summed E-state index contributed by atoms with van der Waals surface area (Å²) in [6.45, 7) is 0. The van der Waals surface area contributed by atoms with Crippen LogP contribution < -0.4 is 9.64 Å². The van der Waals surface area contributed by atoms with E-state index >= 15 is 0 Å². The molecule has 1 fully saturated rings. The number of rotatable bonds is 5. The number of ether oxygens (including phenoxy) is 1. The molecule has 0 aromatic heterocycles. The molecule has 0 radical (unpaired) electrons. The first kappa shape index (κ1) is 21.6. The highest BCUT2D eigenvalue weighted by molar-refractivity contribution is 6.51. The first-order valence-corrected chi connectivity index (χ1v) is 9.80. The maximum Gasteiger partial charge on any atom is 0.300 e. The maximum absolute atomic E-state index is 13.1. The van der Waals surface area contributed by atoms with E-state index in [0.29, 0.717) is 17.0 Å². The first-order valence-electron chi connectivity index (χ1n) is 9.80. The van der Waals surface area contributed by atoms with Gasteiger partial charge in [0.15, 0.2) is 0 Å². The number of amides is 1. The van der Waals surface area contributed by atoms with Crippen molar-refractivity contribution in [3.8, 4) is 11.5 Å². The number of aromatic hydroxyl groups is 1. The standard InChI is InChI=1S/C24H18N2O7/c1-33-19-4-2-3-17(13-19)25-21(14-7-11-18(27)12-8-14)20(23(29)24(25)30)22(28)15-5-9-16(10-6-15)26(31)32/h2-13,21,27-28H,1H3/b22-20+. The van der Waals surface area contributed by atoms with Crippen molar-refractivity contribution < 1.29 is 29.5 Å². The second-order valence-electron chi connectivity index (χ2n) is 7.27. The fourth-order valence-corrected chi connectivity index (χ4v) is 3.73. The number of aliphatic hydroxyl groups is 1. The average Bonchev–Trinajstić information content (AvgIpc) is 3.09. The van der Waals surface area contributed by atoms with Crippen LogP contribution in [0, 0.1) is 10.1 Å². The van der Waals surface area contributed by atoms with Gasteiger partial charge >= 0.3 is 0 Å². The zero-order valence-electron chi connectivity index (χ0n) is 17.3. The molecule has 0 saturated carbocycles. The van der Waals surface area contributed by atoms with Gasteiger partial charge in [-0.1, -0.05) is 18.2 Å². The van der Waals surface area contributed by atoms with E-state index in [4.69, 9.17) is 4.74 Å². The third-order valence-electron chi connectivity index (χ3n) is 5.34. The van der Waals surface area contributed by atoms with Crippen LogP contribution in [0.5, 0.6) is 11.5 Å². The number of hydrogen-bond acceptors (Lipinski definition) is 7. The van der Waals surface area contributed by atoms with Gasteiger partial charge in [-0.25, -0.2) is 0 Å². The Kier molecular flexibility index (Phi) is 5.53. The molecule has 2 N–H and O–H groups in total. The molecule has 3 aromatic carbocycles. The average molecular weight is 446 g/mol. The van der Waals surface area contributed by atoms with Crippen molar-refractivity contribution in [1.82, 2.24) is 0 Å². The van der Waals surface area contributed by atoms with Crippen molar-refractivity contribution >= 4 is 28.8 Å². The second kappa shape index (κ2) is 8.46. The lowest BCUT2D eigenvalue weighted by molar-refractivity contribution is -0.384. The predicted octanol–water partition coefficient (Wildman–Crippen LogP) is 3.94. The Bertz CT molecular complexity index is 1280. The summed E-state index contributed by atoms with van der Waals surface area (Å²) in [6.07, 6.45) is 0. The summed E-state index contributed by atoms with van der Waals surface area (Å²) in [5.41, 5.74) is 0.629. The Morgan fingerprint density at radius 1 is 1.03 bits per heavy atom. The molecule has 0 bridgehead atoms. The van der Waals surface area contributed by atoms with Crippen molar-refractivity contribution in [2.24, 2.45) is 0 Å². The highest BCUT2D eigenvalue weighted by Gasteiger charge is 2.47. The van der Waals surface area contributed by atoms with Crippen LogP contribution in [-0.4, -0.2) is 33.9 Å². The van der Waals surface area contributed by atoms with Crippen molar-refractivity contribution in [3.63, 3.8) is 0 Å². The molecule has 4 rings (SSSR count). The number of nitrogens with zero attached hydrogens (tertiary/aromatic N) is 2. The number of nitro benzene ring substituents is 1. The largest absolute Gasteiger partial charge is 0.508 e. The van der Waals surface area contributed by atoms with E-state index in [-0.39, 0.29) is 22.6 Å². The number of carbonyl (C=O) groups is 2. The Labute approximate surface area is 187 Å². The van der Waals surface area contributed by atoms with Crippen LogP contribution in [-0.2, 0) is 9.59 Å². The number of benzene rings is 3. The van der Waals surface area contributed by atoms with Crippen molar-refractivity contribution in [1.29, 1.82) is 0 Å². The lowest BCUT2D eigenvalue weighted by atomic mass is 9.95. The molecule has 1 aliphatic heterocycles. The van der Waals surface area contributed by atoms with E-state index in [1.165, 1.54) is 48.4 Å². The SMILES string of the molecule is COc1cccc(N2C(=O)C(=O)/C(=C(/O)c3ccc([N+](=O)[O-])cc3)C2c2ccc(O)cc2)c1. The van der Waals surface area contributed by atoms with E-state index in [9.17, 15) is 29.9 Å². The van der Waals surface area contributed by atoms with Gasteiger partial charge in [0, 0.05) is 29.4 Å². The number of carbonyl (C=O) groups excluding carboxylic acids is 2. The Hall–Kier alpha value is -4.66. The maximum atomic E-state index is 13.1. The molecule has 0 spiro atoms.